The first kappa shape index (κ1) is 19.5. The van der Waals surface area contributed by atoms with Crippen molar-refractivity contribution in [3.63, 3.8) is 0 Å². The van der Waals surface area contributed by atoms with Crippen molar-refractivity contribution >= 4 is 40.9 Å². The van der Waals surface area contributed by atoms with E-state index < -0.39 is 23.1 Å². The number of rotatable bonds is 4. The largest absolute Gasteiger partial charge is 0.448 e. The van der Waals surface area contributed by atoms with E-state index >= 15 is 0 Å². The summed E-state index contributed by atoms with van der Waals surface area (Å²) in [5, 5.41) is 0.127. The monoisotopic (exact) mass is 415 g/mol. The number of hydrogen-bond donors (Lipinski definition) is 2. The molecule has 1 fully saturated rings. The van der Waals surface area contributed by atoms with Crippen molar-refractivity contribution in [1.82, 2.24) is 0 Å². The molecule has 0 radical (unpaired) electrons. The van der Waals surface area contributed by atoms with E-state index in [1.807, 2.05) is 6.07 Å². The van der Waals surface area contributed by atoms with Crippen LogP contribution in [0, 0.1) is 0 Å². The van der Waals surface area contributed by atoms with Crippen molar-refractivity contribution in [2.45, 2.75) is 49.9 Å². The first-order chi connectivity index (χ1) is 13.9. The van der Waals surface area contributed by atoms with Crippen molar-refractivity contribution in [3.8, 4) is 0 Å². The van der Waals surface area contributed by atoms with Crippen LogP contribution in [0.25, 0.3) is 0 Å². The van der Waals surface area contributed by atoms with Gasteiger partial charge in [-0.2, -0.15) is 0 Å². The standard InChI is InChI=1S/C21H22ClN3O4/c22-14-10-13(12-6-3-1-2-4-7-12)11-15-17(14)21(18(23)26,19(24)27)20(28)25(15)16-8-5-9-29-16/h5,8-12H,1-4,6-7H2,(H2,23,26)(H2,24,27). The van der Waals surface area contributed by atoms with Crippen LogP contribution in [0.3, 0.4) is 0 Å². The fourth-order valence-electron chi connectivity index (χ4n) is 4.59. The first-order valence-corrected chi connectivity index (χ1v) is 10.1. The molecule has 0 unspecified atom stereocenters. The normalized spacial score (nSPS) is 19.1. The lowest BCUT2D eigenvalue weighted by atomic mass is 9.79. The van der Waals surface area contributed by atoms with Gasteiger partial charge in [0.15, 0.2) is 0 Å². The van der Waals surface area contributed by atoms with Crippen LogP contribution in [-0.4, -0.2) is 17.7 Å². The number of nitrogens with zero attached hydrogens (tertiary/aromatic N) is 1. The highest BCUT2D eigenvalue weighted by atomic mass is 35.5. The molecular formula is C21H22ClN3O4. The average molecular weight is 416 g/mol. The predicted molar refractivity (Wildman–Crippen MR) is 108 cm³/mol. The van der Waals surface area contributed by atoms with Gasteiger partial charge in [0.1, 0.15) is 0 Å². The number of primary amides is 2. The third kappa shape index (κ3) is 2.83. The van der Waals surface area contributed by atoms with E-state index in [0.717, 1.165) is 31.2 Å². The summed E-state index contributed by atoms with van der Waals surface area (Å²) in [7, 11) is 0. The third-order valence-electron chi connectivity index (χ3n) is 6.02. The highest BCUT2D eigenvalue weighted by molar-refractivity contribution is 6.41. The minimum absolute atomic E-state index is 0.0259. The van der Waals surface area contributed by atoms with Gasteiger partial charge in [-0.3, -0.25) is 14.4 Å². The lowest BCUT2D eigenvalue weighted by molar-refractivity contribution is -0.140. The minimum Gasteiger partial charge on any atom is -0.448 e. The SMILES string of the molecule is NC(=O)C1(C(N)=O)C(=O)N(c2ccco2)c2cc(C3CCCCCC3)cc(Cl)c21. The maximum atomic E-state index is 13.4. The molecule has 8 heteroatoms. The molecule has 1 aliphatic heterocycles. The van der Waals surface area contributed by atoms with Gasteiger partial charge in [0, 0.05) is 16.7 Å². The summed E-state index contributed by atoms with van der Waals surface area (Å²) in [5.74, 6) is -2.74. The number of carbonyl (C=O) groups excluding carboxylic acids is 3. The summed E-state index contributed by atoms with van der Waals surface area (Å²) in [6.45, 7) is 0. The molecule has 0 bridgehead atoms. The Balaban J connectivity index is 1.96. The summed E-state index contributed by atoms with van der Waals surface area (Å²) in [4.78, 5) is 39.4. The number of fused-ring (bicyclic) bond motifs is 1. The van der Waals surface area contributed by atoms with E-state index in [-0.39, 0.29) is 22.4 Å². The number of carbonyl (C=O) groups is 3. The third-order valence-corrected chi connectivity index (χ3v) is 6.32. The lowest BCUT2D eigenvalue weighted by Crippen LogP contribution is -2.57. The molecule has 1 aromatic carbocycles. The zero-order valence-corrected chi connectivity index (χ0v) is 16.6. The summed E-state index contributed by atoms with van der Waals surface area (Å²) in [5.41, 5.74) is 10.0. The molecular weight excluding hydrogens is 394 g/mol. The van der Waals surface area contributed by atoms with E-state index in [9.17, 15) is 14.4 Å². The molecule has 0 atom stereocenters. The summed E-state index contributed by atoms with van der Waals surface area (Å²) < 4.78 is 5.40. The van der Waals surface area contributed by atoms with Crippen LogP contribution in [0.2, 0.25) is 5.02 Å². The molecule has 3 amide bonds. The highest BCUT2D eigenvalue weighted by Gasteiger charge is 2.62. The quantitative estimate of drug-likeness (QED) is 0.588. The van der Waals surface area contributed by atoms with Gasteiger partial charge < -0.3 is 15.9 Å². The van der Waals surface area contributed by atoms with Crippen LogP contribution < -0.4 is 16.4 Å². The van der Waals surface area contributed by atoms with E-state index in [4.69, 9.17) is 27.5 Å². The van der Waals surface area contributed by atoms with E-state index in [1.54, 1.807) is 18.2 Å². The second-order valence-corrected chi connectivity index (χ2v) is 8.06. The van der Waals surface area contributed by atoms with Crippen LogP contribution in [0.5, 0.6) is 0 Å². The van der Waals surface area contributed by atoms with Gasteiger partial charge in [0.2, 0.25) is 23.1 Å². The van der Waals surface area contributed by atoms with E-state index in [0.29, 0.717) is 5.69 Å². The smallest absolute Gasteiger partial charge is 0.263 e. The van der Waals surface area contributed by atoms with Crippen molar-refractivity contribution in [3.05, 3.63) is 46.7 Å². The lowest BCUT2D eigenvalue weighted by Gasteiger charge is -2.22. The molecule has 2 heterocycles. The number of amides is 3. The van der Waals surface area contributed by atoms with Gasteiger partial charge in [-0.15, -0.1) is 0 Å². The molecule has 2 aliphatic rings. The molecule has 152 valence electrons. The van der Waals surface area contributed by atoms with E-state index in [2.05, 4.69) is 0 Å². The van der Waals surface area contributed by atoms with Crippen molar-refractivity contribution in [1.29, 1.82) is 0 Å². The zero-order valence-electron chi connectivity index (χ0n) is 15.8. The van der Waals surface area contributed by atoms with Gasteiger partial charge >= 0.3 is 0 Å². The van der Waals surface area contributed by atoms with Crippen molar-refractivity contribution in [2.75, 3.05) is 4.90 Å². The number of hydrogen-bond acceptors (Lipinski definition) is 4. The maximum Gasteiger partial charge on any atom is 0.263 e. The first-order valence-electron chi connectivity index (χ1n) is 9.70. The van der Waals surface area contributed by atoms with Gasteiger partial charge in [-0.25, -0.2) is 4.90 Å². The molecule has 4 rings (SSSR count). The highest BCUT2D eigenvalue weighted by Crippen LogP contribution is 2.50. The molecule has 2 aromatic rings. The summed E-state index contributed by atoms with van der Waals surface area (Å²) in [6.07, 6.45) is 8.05. The fourth-order valence-corrected chi connectivity index (χ4v) is 4.95. The second-order valence-electron chi connectivity index (χ2n) is 7.66. The van der Waals surface area contributed by atoms with Gasteiger partial charge in [-0.05, 0) is 42.5 Å². The molecule has 7 nitrogen and oxygen atoms in total. The molecule has 0 saturated heterocycles. The minimum atomic E-state index is -2.37. The molecule has 1 aromatic heterocycles. The number of halogens is 1. The second kappa shape index (κ2) is 7.22. The molecule has 1 saturated carbocycles. The van der Waals surface area contributed by atoms with Crippen LogP contribution >= 0.6 is 11.6 Å². The van der Waals surface area contributed by atoms with Crippen molar-refractivity contribution in [2.24, 2.45) is 11.5 Å². The molecule has 0 spiro atoms. The molecule has 4 N–H and O–H groups in total. The average Bonchev–Trinajstić information content (AvgIpc) is 3.16. The predicted octanol–water partition coefficient (Wildman–Crippen LogP) is 3.26. The summed E-state index contributed by atoms with van der Waals surface area (Å²) in [6, 6.07) is 6.71. The van der Waals surface area contributed by atoms with Gasteiger partial charge in [0.05, 0.1) is 12.0 Å². The van der Waals surface area contributed by atoms with Crippen LogP contribution in [-0.2, 0) is 19.8 Å². The van der Waals surface area contributed by atoms with Crippen LogP contribution in [0.1, 0.15) is 55.6 Å². The Morgan fingerprint density at radius 1 is 1.10 bits per heavy atom. The number of nitrogens with two attached hydrogens (primary N) is 2. The van der Waals surface area contributed by atoms with Crippen molar-refractivity contribution < 1.29 is 18.8 Å². The Hall–Kier alpha value is -2.80. The number of furan rings is 1. The van der Waals surface area contributed by atoms with Crippen LogP contribution in [0.4, 0.5) is 11.6 Å². The Bertz CT molecular complexity index is 964. The Kier molecular flexibility index (Phi) is 4.86. The van der Waals surface area contributed by atoms with E-state index in [1.165, 1.54) is 24.0 Å². The van der Waals surface area contributed by atoms with Crippen LogP contribution in [0.15, 0.2) is 34.9 Å². The van der Waals surface area contributed by atoms with Gasteiger partial charge in [0.25, 0.3) is 5.91 Å². The molecule has 29 heavy (non-hydrogen) atoms. The Morgan fingerprint density at radius 2 is 1.76 bits per heavy atom. The Labute approximate surface area is 173 Å². The number of benzene rings is 1. The van der Waals surface area contributed by atoms with Gasteiger partial charge in [-0.1, -0.05) is 37.3 Å². The number of anilines is 2. The topological polar surface area (TPSA) is 120 Å². The summed E-state index contributed by atoms with van der Waals surface area (Å²) >= 11 is 6.57. The molecule has 1 aliphatic carbocycles. The fraction of sp³-hybridized carbons (Fsp3) is 0.381. The Morgan fingerprint density at radius 3 is 2.31 bits per heavy atom. The zero-order chi connectivity index (χ0) is 20.8. The maximum absolute atomic E-state index is 13.4.